The van der Waals surface area contributed by atoms with Crippen molar-refractivity contribution >= 4 is 40.7 Å². The summed E-state index contributed by atoms with van der Waals surface area (Å²) in [6.07, 6.45) is 0.220. The van der Waals surface area contributed by atoms with Crippen molar-refractivity contribution in [2.75, 3.05) is 18.1 Å². The highest BCUT2D eigenvalue weighted by Crippen LogP contribution is 2.31. The number of amides is 2. The van der Waals surface area contributed by atoms with Crippen molar-refractivity contribution in [3.05, 3.63) is 58.1 Å². The molecule has 5 nitrogen and oxygen atoms in total. The maximum Gasteiger partial charge on any atom is 0.240 e. The minimum atomic E-state index is -0.345. The number of rotatable bonds is 4. The molecule has 1 N–H and O–H groups in total. The van der Waals surface area contributed by atoms with Gasteiger partial charge in [-0.2, -0.15) is 0 Å². The molecule has 0 fully saturated rings. The maximum atomic E-state index is 12.5. The first-order valence-electron chi connectivity index (χ1n) is 8.23. The molecule has 1 atom stereocenters. The fraction of sp³-hybridized carbons (Fsp3) is 0.263. The molecule has 1 aliphatic heterocycles. The van der Waals surface area contributed by atoms with E-state index in [4.69, 9.17) is 27.9 Å². The summed E-state index contributed by atoms with van der Waals surface area (Å²) < 4.78 is 5.58. The molecule has 136 valence electrons. The van der Waals surface area contributed by atoms with Gasteiger partial charge in [0.2, 0.25) is 11.8 Å². The number of ether oxygens (including phenoxy) is 1. The Kier molecular flexibility index (Phi) is 5.69. The Bertz CT molecular complexity index is 841. The molecule has 0 spiro atoms. The molecule has 0 bridgehead atoms. The van der Waals surface area contributed by atoms with Crippen molar-refractivity contribution in [1.82, 2.24) is 5.32 Å². The SMILES string of the molecule is CC(NC(=O)CN1C(=O)CCOc2ccccc21)c1cccc(Cl)c1Cl. The number of carbonyl (C=O) groups excluding carboxylic acids is 2. The van der Waals surface area contributed by atoms with E-state index in [-0.39, 0.29) is 30.8 Å². The topological polar surface area (TPSA) is 58.6 Å². The number of hydrogen-bond donors (Lipinski definition) is 1. The summed E-state index contributed by atoms with van der Waals surface area (Å²) in [4.78, 5) is 26.4. The summed E-state index contributed by atoms with van der Waals surface area (Å²) >= 11 is 12.2. The van der Waals surface area contributed by atoms with Gasteiger partial charge in [-0.25, -0.2) is 0 Å². The Morgan fingerprint density at radius 1 is 1.23 bits per heavy atom. The zero-order valence-corrected chi connectivity index (χ0v) is 15.7. The lowest BCUT2D eigenvalue weighted by molar-refractivity contribution is -0.124. The Hall–Kier alpha value is -2.24. The minimum absolute atomic E-state index is 0.0955. The third kappa shape index (κ3) is 3.94. The fourth-order valence-electron chi connectivity index (χ4n) is 2.86. The first kappa shape index (κ1) is 18.5. The Morgan fingerprint density at radius 3 is 2.81 bits per heavy atom. The highest BCUT2D eigenvalue weighted by atomic mass is 35.5. The number of hydrogen-bond acceptors (Lipinski definition) is 3. The van der Waals surface area contributed by atoms with Crippen LogP contribution >= 0.6 is 23.2 Å². The summed E-state index contributed by atoms with van der Waals surface area (Å²) in [5.41, 5.74) is 1.32. The number of benzene rings is 2. The molecule has 2 amide bonds. The number of para-hydroxylation sites is 2. The minimum Gasteiger partial charge on any atom is -0.491 e. The van der Waals surface area contributed by atoms with Gasteiger partial charge in [0.25, 0.3) is 0 Å². The van der Waals surface area contributed by atoms with Crippen LogP contribution in [0.4, 0.5) is 5.69 Å². The molecule has 1 unspecified atom stereocenters. The van der Waals surface area contributed by atoms with Gasteiger partial charge in [-0.3, -0.25) is 14.5 Å². The van der Waals surface area contributed by atoms with E-state index in [1.54, 1.807) is 36.4 Å². The lowest BCUT2D eigenvalue weighted by Crippen LogP contribution is -2.41. The number of carbonyl (C=O) groups is 2. The van der Waals surface area contributed by atoms with E-state index >= 15 is 0 Å². The molecule has 0 saturated carbocycles. The predicted molar refractivity (Wildman–Crippen MR) is 102 cm³/mol. The van der Waals surface area contributed by atoms with Crippen LogP contribution in [-0.4, -0.2) is 25.0 Å². The van der Waals surface area contributed by atoms with Crippen LogP contribution in [0, 0.1) is 0 Å². The fourth-order valence-corrected chi connectivity index (χ4v) is 3.33. The Balaban J connectivity index is 1.75. The number of nitrogens with one attached hydrogen (secondary N) is 1. The molecule has 26 heavy (non-hydrogen) atoms. The Morgan fingerprint density at radius 2 is 2.00 bits per heavy atom. The van der Waals surface area contributed by atoms with E-state index in [9.17, 15) is 9.59 Å². The van der Waals surface area contributed by atoms with Crippen molar-refractivity contribution in [2.45, 2.75) is 19.4 Å². The number of nitrogens with zero attached hydrogens (tertiary/aromatic N) is 1. The van der Waals surface area contributed by atoms with Crippen LogP contribution in [0.5, 0.6) is 5.75 Å². The lowest BCUT2D eigenvalue weighted by atomic mass is 10.1. The average molecular weight is 393 g/mol. The lowest BCUT2D eigenvalue weighted by Gasteiger charge is -2.23. The van der Waals surface area contributed by atoms with Crippen LogP contribution in [0.1, 0.15) is 24.9 Å². The van der Waals surface area contributed by atoms with E-state index in [1.807, 2.05) is 13.0 Å². The van der Waals surface area contributed by atoms with E-state index in [2.05, 4.69) is 5.32 Å². The summed E-state index contributed by atoms with van der Waals surface area (Å²) in [5.74, 6) is 0.147. The van der Waals surface area contributed by atoms with Gasteiger partial charge >= 0.3 is 0 Å². The number of anilines is 1. The predicted octanol–water partition coefficient (Wildman–Crippen LogP) is 3.99. The van der Waals surface area contributed by atoms with Crippen LogP contribution in [0.25, 0.3) is 0 Å². The molecular weight excluding hydrogens is 375 g/mol. The molecular formula is C19H18Cl2N2O3. The molecule has 3 rings (SSSR count). The van der Waals surface area contributed by atoms with Gasteiger partial charge in [0.1, 0.15) is 12.3 Å². The van der Waals surface area contributed by atoms with Gasteiger partial charge in [0.15, 0.2) is 0 Å². The second-order valence-corrected chi connectivity index (χ2v) is 6.76. The summed E-state index contributed by atoms with van der Waals surface area (Å²) in [5, 5.41) is 3.71. The third-order valence-electron chi connectivity index (χ3n) is 4.16. The molecule has 0 aromatic heterocycles. The molecule has 0 saturated heterocycles. The molecule has 7 heteroatoms. The van der Waals surface area contributed by atoms with Gasteiger partial charge < -0.3 is 10.1 Å². The van der Waals surface area contributed by atoms with E-state index in [1.165, 1.54) is 4.90 Å². The van der Waals surface area contributed by atoms with Crippen molar-refractivity contribution in [2.24, 2.45) is 0 Å². The summed E-state index contributed by atoms with van der Waals surface area (Å²) in [7, 11) is 0. The standard InChI is InChI=1S/C19H18Cl2N2O3/c1-12(13-5-4-6-14(20)19(13)21)22-17(24)11-23-15-7-2-3-8-16(15)26-10-9-18(23)25/h2-8,12H,9-11H2,1H3,(H,22,24). The first-order valence-corrected chi connectivity index (χ1v) is 8.98. The van der Waals surface area contributed by atoms with Crippen LogP contribution in [-0.2, 0) is 9.59 Å². The van der Waals surface area contributed by atoms with Crippen molar-refractivity contribution < 1.29 is 14.3 Å². The summed E-state index contributed by atoms with van der Waals surface area (Å²) in [6, 6.07) is 12.1. The third-order valence-corrected chi connectivity index (χ3v) is 4.99. The normalized spacial score (nSPS) is 14.9. The van der Waals surface area contributed by atoms with Crippen molar-refractivity contribution in [3.8, 4) is 5.75 Å². The number of halogens is 2. The van der Waals surface area contributed by atoms with Gasteiger partial charge in [0.05, 0.1) is 34.8 Å². The second-order valence-electron chi connectivity index (χ2n) is 5.98. The zero-order chi connectivity index (χ0) is 18.7. The second kappa shape index (κ2) is 7.98. The van der Waals surface area contributed by atoms with Crippen LogP contribution in [0.3, 0.4) is 0 Å². The van der Waals surface area contributed by atoms with E-state index < -0.39 is 0 Å². The van der Waals surface area contributed by atoms with Gasteiger partial charge in [0, 0.05) is 0 Å². The molecule has 0 radical (unpaired) electrons. The first-order chi connectivity index (χ1) is 12.5. The zero-order valence-electron chi connectivity index (χ0n) is 14.2. The van der Waals surface area contributed by atoms with E-state index in [0.717, 1.165) is 5.56 Å². The van der Waals surface area contributed by atoms with E-state index in [0.29, 0.717) is 28.1 Å². The summed E-state index contributed by atoms with van der Waals surface area (Å²) in [6.45, 7) is 2.01. The van der Waals surface area contributed by atoms with Gasteiger partial charge in [-0.1, -0.05) is 47.5 Å². The monoisotopic (exact) mass is 392 g/mol. The molecule has 1 aliphatic rings. The quantitative estimate of drug-likeness (QED) is 0.855. The Labute approximate surface area is 161 Å². The molecule has 2 aromatic carbocycles. The average Bonchev–Trinajstić information content (AvgIpc) is 2.77. The van der Waals surface area contributed by atoms with Gasteiger partial charge in [-0.15, -0.1) is 0 Å². The highest BCUT2D eigenvalue weighted by Gasteiger charge is 2.25. The highest BCUT2D eigenvalue weighted by molar-refractivity contribution is 6.42. The van der Waals surface area contributed by atoms with Crippen LogP contribution < -0.4 is 15.0 Å². The molecule has 2 aromatic rings. The van der Waals surface area contributed by atoms with Crippen molar-refractivity contribution in [3.63, 3.8) is 0 Å². The van der Waals surface area contributed by atoms with Gasteiger partial charge in [-0.05, 0) is 30.7 Å². The van der Waals surface area contributed by atoms with Crippen molar-refractivity contribution in [1.29, 1.82) is 0 Å². The molecule has 1 heterocycles. The smallest absolute Gasteiger partial charge is 0.240 e. The van der Waals surface area contributed by atoms with Crippen LogP contribution in [0.2, 0.25) is 10.0 Å². The number of fused-ring (bicyclic) bond motifs is 1. The largest absolute Gasteiger partial charge is 0.491 e. The molecule has 0 aliphatic carbocycles. The maximum absolute atomic E-state index is 12.5. The van der Waals surface area contributed by atoms with Crippen LogP contribution in [0.15, 0.2) is 42.5 Å².